The number of esters is 1. The van der Waals surface area contributed by atoms with Crippen LogP contribution in [0.15, 0.2) is 24.3 Å². The Hall–Kier alpha value is -1.55. The molecule has 1 saturated heterocycles. The lowest BCUT2D eigenvalue weighted by atomic mass is 10.1. The lowest BCUT2D eigenvalue weighted by Crippen LogP contribution is -2.22. The van der Waals surface area contributed by atoms with Crippen LogP contribution in [-0.4, -0.2) is 37.1 Å². The molecule has 2 N–H and O–H groups in total. The van der Waals surface area contributed by atoms with Gasteiger partial charge in [0.15, 0.2) is 0 Å². The molecular weight excluding hydrogens is 252 g/mol. The van der Waals surface area contributed by atoms with Gasteiger partial charge in [-0.15, -0.1) is 0 Å². The van der Waals surface area contributed by atoms with E-state index in [1.54, 1.807) is 0 Å². The monoisotopic (exact) mass is 276 g/mol. The van der Waals surface area contributed by atoms with Crippen LogP contribution < -0.4 is 5.73 Å². The van der Waals surface area contributed by atoms with E-state index < -0.39 is 0 Å². The van der Waals surface area contributed by atoms with Crippen LogP contribution in [0.3, 0.4) is 0 Å². The first kappa shape index (κ1) is 14.9. The van der Waals surface area contributed by atoms with Gasteiger partial charge in [0.05, 0.1) is 6.61 Å². The molecule has 110 valence electrons. The Morgan fingerprint density at radius 1 is 1.20 bits per heavy atom. The fraction of sp³-hybridized carbons (Fsp3) is 0.562. The summed E-state index contributed by atoms with van der Waals surface area (Å²) >= 11 is 0. The molecule has 1 aromatic carbocycles. The van der Waals surface area contributed by atoms with Crippen molar-refractivity contribution in [2.45, 2.75) is 32.1 Å². The van der Waals surface area contributed by atoms with Crippen molar-refractivity contribution in [2.24, 2.45) is 0 Å². The standard InChI is InChI=1S/C16H24N2O2/c17-15-7-4-14(5-8-15)6-9-16(19)20-13-3-12-18-10-1-2-11-18/h4-5,7-8H,1-3,6,9-13,17H2. The Morgan fingerprint density at radius 3 is 2.60 bits per heavy atom. The number of nitrogens with zero attached hydrogens (tertiary/aromatic N) is 1. The van der Waals surface area contributed by atoms with Gasteiger partial charge >= 0.3 is 5.97 Å². The van der Waals surface area contributed by atoms with E-state index in [9.17, 15) is 4.79 Å². The zero-order valence-corrected chi connectivity index (χ0v) is 12.0. The van der Waals surface area contributed by atoms with E-state index in [0.29, 0.717) is 19.4 Å². The molecule has 0 spiro atoms. The van der Waals surface area contributed by atoms with Gasteiger partial charge in [0.25, 0.3) is 0 Å². The van der Waals surface area contributed by atoms with Crippen molar-refractivity contribution in [3.8, 4) is 0 Å². The number of ether oxygens (including phenoxy) is 1. The molecule has 0 amide bonds. The second-order valence-corrected chi connectivity index (χ2v) is 5.36. The summed E-state index contributed by atoms with van der Waals surface area (Å²) < 4.78 is 5.26. The third kappa shape index (κ3) is 5.21. The van der Waals surface area contributed by atoms with Crippen molar-refractivity contribution < 1.29 is 9.53 Å². The van der Waals surface area contributed by atoms with Crippen LogP contribution in [0.25, 0.3) is 0 Å². The SMILES string of the molecule is Nc1ccc(CCC(=O)OCCCN2CCCC2)cc1. The molecule has 1 aliphatic rings. The second kappa shape index (κ2) is 7.90. The number of likely N-dealkylation sites (tertiary alicyclic amines) is 1. The highest BCUT2D eigenvalue weighted by Crippen LogP contribution is 2.09. The van der Waals surface area contributed by atoms with Crippen LogP contribution in [0.5, 0.6) is 0 Å². The van der Waals surface area contributed by atoms with Gasteiger partial charge in [-0.1, -0.05) is 12.1 Å². The minimum absolute atomic E-state index is 0.108. The van der Waals surface area contributed by atoms with E-state index in [4.69, 9.17) is 10.5 Å². The number of anilines is 1. The molecule has 0 atom stereocenters. The Balaban J connectivity index is 1.54. The highest BCUT2D eigenvalue weighted by Gasteiger charge is 2.11. The smallest absolute Gasteiger partial charge is 0.306 e. The zero-order valence-electron chi connectivity index (χ0n) is 12.0. The number of benzene rings is 1. The minimum atomic E-state index is -0.108. The fourth-order valence-corrected chi connectivity index (χ4v) is 2.48. The molecule has 1 fully saturated rings. The summed E-state index contributed by atoms with van der Waals surface area (Å²) in [5.41, 5.74) is 7.49. The first-order chi connectivity index (χ1) is 9.74. The van der Waals surface area contributed by atoms with Crippen molar-refractivity contribution in [1.82, 2.24) is 4.90 Å². The molecule has 1 aliphatic heterocycles. The maximum Gasteiger partial charge on any atom is 0.306 e. The number of carbonyl (C=O) groups excluding carboxylic acids is 1. The molecule has 4 heteroatoms. The number of hydrogen-bond donors (Lipinski definition) is 1. The van der Waals surface area contributed by atoms with Gasteiger partial charge in [-0.05, 0) is 56.5 Å². The average molecular weight is 276 g/mol. The summed E-state index contributed by atoms with van der Waals surface area (Å²) in [6.45, 7) is 3.98. The summed E-state index contributed by atoms with van der Waals surface area (Å²) in [6, 6.07) is 7.62. The van der Waals surface area contributed by atoms with Gasteiger partial charge in [0.2, 0.25) is 0 Å². The summed E-state index contributed by atoms with van der Waals surface area (Å²) in [6.07, 6.45) is 4.70. The summed E-state index contributed by atoms with van der Waals surface area (Å²) in [4.78, 5) is 14.1. The summed E-state index contributed by atoms with van der Waals surface area (Å²) in [7, 11) is 0. The molecule has 0 bridgehead atoms. The van der Waals surface area contributed by atoms with Gasteiger partial charge in [0.1, 0.15) is 0 Å². The van der Waals surface area contributed by atoms with Crippen LogP contribution in [-0.2, 0) is 16.0 Å². The highest BCUT2D eigenvalue weighted by molar-refractivity contribution is 5.69. The van der Waals surface area contributed by atoms with Crippen LogP contribution in [0.1, 0.15) is 31.2 Å². The Kier molecular flexibility index (Phi) is 5.87. The van der Waals surface area contributed by atoms with E-state index in [1.807, 2.05) is 24.3 Å². The largest absolute Gasteiger partial charge is 0.466 e. The van der Waals surface area contributed by atoms with E-state index >= 15 is 0 Å². The fourth-order valence-electron chi connectivity index (χ4n) is 2.48. The molecule has 1 heterocycles. The van der Waals surface area contributed by atoms with Gasteiger partial charge in [-0.2, -0.15) is 0 Å². The Labute approximate surface area is 120 Å². The predicted molar refractivity (Wildman–Crippen MR) is 80.4 cm³/mol. The van der Waals surface area contributed by atoms with Crippen molar-refractivity contribution in [3.05, 3.63) is 29.8 Å². The first-order valence-corrected chi connectivity index (χ1v) is 7.46. The maximum atomic E-state index is 11.6. The molecule has 0 radical (unpaired) electrons. The number of nitrogen functional groups attached to an aromatic ring is 1. The van der Waals surface area contributed by atoms with Crippen LogP contribution in [0, 0.1) is 0 Å². The van der Waals surface area contributed by atoms with Gasteiger partial charge in [-0.25, -0.2) is 0 Å². The number of nitrogens with two attached hydrogens (primary N) is 1. The third-order valence-electron chi connectivity index (χ3n) is 3.68. The van der Waals surface area contributed by atoms with Crippen molar-refractivity contribution >= 4 is 11.7 Å². The third-order valence-corrected chi connectivity index (χ3v) is 3.68. The van der Waals surface area contributed by atoms with E-state index in [0.717, 1.165) is 24.2 Å². The molecule has 1 aromatic rings. The lowest BCUT2D eigenvalue weighted by molar-refractivity contribution is -0.143. The molecule has 20 heavy (non-hydrogen) atoms. The summed E-state index contributed by atoms with van der Waals surface area (Å²) in [5.74, 6) is -0.108. The molecular formula is C16H24N2O2. The molecule has 4 nitrogen and oxygen atoms in total. The van der Waals surface area contributed by atoms with Crippen molar-refractivity contribution in [2.75, 3.05) is 32.0 Å². The second-order valence-electron chi connectivity index (χ2n) is 5.36. The topological polar surface area (TPSA) is 55.6 Å². The molecule has 0 aromatic heterocycles. The Bertz CT molecular complexity index is 411. The van der Waals surface area contributed by atoms with Crippen molar-refractivity contribution in [1.29, 1.82) is 0 Å². The predicted octanol–water partition coefficient (Wildman–Crippen LogP) is 2.23. The van der Waals surface area contributed by atoms with E-state index in [1.165, 1.54) is 25.9 Å². The van der Waals surface area contributed by atoms with Gasteiger partial charge in [0, 0.05) is 18.7 Å². The van der Waals surface area contributed by atoms with Crippen LogP contribution in [0.4, 0.5) is 5.69 Å². The number of aryl methyl sites for hydroxylation is 1. The first-order valence-electron chi connectivity index (χ1n) is 7.46. The van der Waals surface area contributed by atoms with Crippen LogP contribution >= 0.6 is 0 Å². The molecule has 0 aliphatic carbocycles. The number of carbonyl (C=O) groups is 1. The lowest BCUT2D eigenvalue weighted by Gasteiger charge is -2.13. The maximum absolute atomic E-state index is 11.6. The Morgan fingerprint density at radius 2 is 1.90 bits per heavy atom. The highest BCUT2D eigenvalue weighted by atomic mass is 16.5. The van der Waals surface area contributed by atoms with E-state index in [-0.39, 0.29) is 5.97 Å². The average Bonchev–Trinajstić information content (AvgIpc) is 2.96. The number of rotatable bonds is 7. The zero-order chi connectivity index (χ0) is 14.2. The van der Waals surface area contributed by atoms with E-state index in [2.05, 4.69) is 4.90 Å². The number of hydrogen-bond acceptors (Lipinski definition) is 4. The summed E-state index contributed by atoms with van der Waals surface area (Å²) in [5, 5.41) is 0. The normalized spacial score (nSPS) is 15.4. The van der Waals surface area contributed by atoms with Gasteiger partial charge in [-0.3, -0.25) is 4.79 Å². The molecule has 0 saturated carbocycles. The van der Waals surface area contributed by atoms with Crippen LogP contribution in [0.2, 0.25) is 0 Å². The minimum Gasteiger partial charge on any atom is -0.466 e. The van der Waals surface area contributed by atoms with Gasteiger partial charge < -0.3 is 15.4 Å². The molecule has 0 unspecified atom stereocenters. The van der Waals surface area contributed by atoms with Crippen molar-refractivity contribution in [3.63, 3.8) is 0 Å². The quantitative estimate of drug-likeness (QED) is 0.471. The molecule has 2 rings (SSSR count).